The van der Waals surface area contributed by atoms with Gasteiger partial charge in [0, 0.05) is 36.9 Å². The van der Waals surface area contributed by atoms with Crippen molar-refractivity contribution in [1.29, 1.82) is 0 Å². The number of ether oxygens (including phenoxy) is 1. The van der Waals surface area contributed by atoms with Crippen LogP contribution in [0.4, 0.5) is 10.5 Å². The lowest BCUT2D eigenvalue weighted by Crippen LogP contribution is -2.47. The van der Waals surface area contributed by atoms with E-state index in [4.69, 9.17) is 9.84 Å². The quantitative estimate of drug-likeness (QED) is 0.488. The van der Waals surface area contributed by atoms with Crippen LogP contribution >= 0.6 is 22.7 Å². The third kappa shape index (κ3) is 5.44. The number of carbonyl (C=O) groups is 1. The summed E-state index contributed by atoms with van der Waals surface area (Å²) in [5, 5.41) is 17.1. The Morgan fingerprint density at radius 2 is 1.80 bits per heavy atom. The van der Waals surface area contributed by atoms with Crippen LogP contribution < -0.4 is 4.90 Å². The Morgan fingerprint density at radius 3 is 2.47 bits per heavy atom. The molecule has 2 fully saturated rings. The SMILES string of the molecule is O=C(OC1CC2CCC(C1)N2CCCCCCO)N(Cc1ccsc1)c1ccsc1. The highest BCUT2D eigenvalue weighted by atomic mass is 32.1. The van der Waals surface area contributed by atoms with E-state index in [0.717, 1.165) is 43.5 Å². The molecule has 2 bridgehead atoms. The van der Waals surface area contributed by atoms with Gasteiger partial charge in [0.1, 0.15) is 6.10 Å². The number of carbonyl (C=O) groups excluding carboxylic acids is 1. The van der Waals surface area contributed by atoms with Crippen LogP contribution in [-0.2, 0) is 11.3 Å². The van der Waals surface area contributed by atoms with Crippen molar-refractivity contribution in [3.63, 3.8) is 0 Å². The minimum absolute atomic E-state index is 0.0178. The molecule has 2 aliphatic heterocycles. The van der Waals surface area contributed by atoms with Crippen molar-refractivity contribution in [1.82, 2.24) is 4.90 Å². The van der Waals surface area contributed by atoms with Crippen molar-refractivity contribution >= 4 is 34.5 Å². The van der Waals surface area contributed by atoms with Crippen LogP contribution in [0.2, 0.25) is 0 Å². The molecule has 2 saturated heterocycles. The standard InChI is InChI=1S/C23H32N2O3S2/c26-10-4-2-1-3-9-24-19-5-6-20(24)14-22(13-19)28-23(27)25(21-8-12-30-17-21)15-18-7-11-29-16-18/h7-8,11-12,16-17,19-20,22,26H,1-6,9-10,13-15H2. The molecular formula is C23H32N2O3S2. The highest BCUT2D eigenvalue weighted by Crippen LogP contribution is 2.37. The van der Waals surface area contributed by atoms with Crippen LogP contribution in [-0.4, -0.2) is 47.4 Å². The zero-order valence-corrected chi connectivity index (χ0v) is 19.1. The fourth-order valence-corrected chi connectivity index (χ4v) is 6.19. The van der Waals surface area contributed by atoms with Gasteiger partial charge in [-0.2, -0.15) is 22.7 Å². The summed E-state index contributed by atoms with van der Waals surface area (Å²) in [6, 6.07) is 5.15. The van der Waals surface area contributed by atoms with Crippen molar-refractivity contribution in [3.8, 4) is 0 Å². The molecule has 5 nitrogen and oxygen atoms in total. The molecule has 1 N–H and O–H groups in total. The van der Waals surface area contributed by atoms with Crippen molar-refractivity contribution < 1.29 is 14.6 Å². The first kappa shape index (κ1) is 21.8. The number of aliphatic hydroxyl groups excluding tert-OH is 1. The predicted octanol–water partition coefficient (Wildman–Crippen LogP) is 5.50. The Balaban J connectivity index is 1.31. The summed E-state index contributed by atoms with van der Waals surface area (Å²) in [6.45, 7) is 2.00. The van der Waals surface area contributed by atoms with E-state index in [1.165, 1.54) is 25.7 Å². The highest BCUT2D eigenvalue weighted by molar-refractivity contribution is 7.08. The van der Waals surface area contributed by atoms with Gasteiger partial charge in [-0.1, -0.05) is 12.8 Å². The molecule has 2 unspecified atom stereocenters. The summed E-state index contributed by atoms with van der Waals surface area (Å²) in [4.78, 5) is 17.5. The van der Waals surface area contributed by atoms with Gasteiger partial charge in [0.25, 0.3) is 0 Å². The first-order chi connectivity index (χ1) is 14.7. The van der Waals surface area contributed by atoms with Gasteiger partial charge < -0.3 is 9.84 Å². The van der Waals surface area contributed by atoms with Gasteiger partial charge in [-0.3, -0.25) is 9.80 Å². The van der Waals surface area contributed by atoms with Crippen molar-refractivity contribution in [3.05, 3.63) is 39.2 Å². The van der Waals surface area contributed by atoms with Crippen LogP contribution in [0.25, 0.3) is 0 Å². The number of thiophene rings is 2. The predicted molar refractivity (Wildman–Crippen MR) is 123 cm³/mol. The molecule has 0 saturated carbocycles. The van der Waals surface area contributed by atoms with Gasteiger partial charge in [-0.05, 0) is 66.1 Å². The lowest BCUT2D eigenvalue weighted by Gasteiger charge is -2.39. The average molecular weight is 449 g/mol. The van der Waals surface area contributed by atoms with Gasteiger partial charge in [-0.15, -0.1) is 0 Å². The van der Waals surface area contributed by atoms with Gasteiger partial charge in [-0.25, -0.2) is 4.79 Å². The fraction of sp³-hybridized carbons (Fsp3) is 0.609. The van der Waals surface area contributed by atoms with E-state index in [0.29, 0.717) is 25.2 Å². The number of amides is 1. The molecule has 7 heteroatoms. The smallest absolute Gasteiger partial charge is 0.414 e. The molecule has 2 atom stereocenters. The molecular weight excluding hydrogens is 416 g/mol. The number of fused-ring (bicyclic) bond motifs is 2. The maximum absolute atomic E-state index is 13.1. The monoisotopic (exact) mass is 448 g/mol. The van der Waals surface area contributed by atoms with Crippen LogP contribution in [0.15, 0.2) is 33.7 Å². The molecule has 2 aliphatic rings. The molecule has 30 heavy (non-hydrogen) atoms. The molecule has 0 aromatic carbocycles. The van der Waals surface area contributed by atoms with Crippen LogP contribution in [0.5, 0.6) is 0 Å². The van der Waals surface area contributed by atoms with E-state index in [-0.39, 0.29) is 12.2 Å². The minimum Gasteiger partial charge on any atom is -0.446 e. The average Bonchev–Trinajstić information content (AvgIpc) is 3.48. The van der Waals surface area contributed by atoms with Gasteiger partial charge >= 0.3 is 6.09 Å². The topological polar surface area (TPSA) is 53.0 Å². The molecule has 4 rings (SSSR count). The molecule has 1 amide bonds. The summed E-state index contributed by atoms with van der Waals surface area (Å²) in [5.74, 6) is 0. The Hall–Kier alpha value is -1.41. The Labute approximate surface area is 187 Å². The van der Waals surface area contributed by atoms with Gasteiger partial charge in [0.15, 0.2) is 0 Å². The highest BCUT2D eigenvalue weighted by Gasteiger charge is 2.42. The first-order valence-electron chi connectivity index (χ1n) is 11.1. The zero-order valence-electron chi connectivity index (χ0n) is 17.4. The second-order valence-corrected chi connectivity index (χ2v) is 10.00. The molecule has 4 heterocycles. The number of piperidine rings is 1. The number of unbranched alkanes of at least 4 members (excludes halogenated alkanes) is 3. The Morgan fingerprint density at radius 1 is 1.07 bits per heavy atom. The summed E-state index contributed by atoms with van der Waals surface area (Å²) >= 11 is 3.25. The first-order valence-corrected chi connectivity index (χ1v) is 13.0. The van der Waals surface area contributed by atoms with Crippen molar-refractivity contribution in [2.75, 3.05) is 18.1 Å². The van der Waals surface area contributed by atoms with Crippen LogP contribution in [0.1, 0.15) is 56.9 Å². The van der Waals surface area contributed by atoms with E-state index in [9.17, 15) is 4.79 Å². The summed E-state index contributed by atoms with van der Waals surface area (Å²) < 4.78 is 6.05. The summed E-state index contributed by atoms with van der Waals surface area (Å²) in [7, 11) is 0. The maximum atomic E-state index is 13.1. The normalized spacial score (nSPS) is 23.6. The largest absolute Gasteiger partial charge is 0.446 e. The van der Waals surface area contributed by atoms with E-state index in [2.05, 4.69) is 16.3 Å². The van der Waals surface area contributed by atoms with E-state index in [1.54, 1.807) is 27.6 Å². The van der Waals surface area contributed by atoms with E-state index >= 15 is 0 Å². The van der Waals surface area contributed by atoms with Crippen molar-refractivity contribution in [2.24, 2.45) is 0 Å². The number of aliphatic hydroxyl groups is 1. The number of nitrogens with zero attached hydrogens (tertiary/aromatic N) is 2. The van der Waals surface area contributed by atoms with Gasteiger partial charge in [0.2, 0.25) is 0 Å². The fourth-order valence-electron chi connectivity index (χ4n) is 4.89. The summed E-state index contributed by atoms with van der Waals surface area (Å²) in [5.41, 5.74) is 2.05. The summed E-state index contributed by atoms with van der Waals surface area (Å²) in [6.07, 6.45) is 8.56. The molecule has 0 aliphatic carbocycles. The van der Waals surface area contributed by atoms with E-state index in [1.807, 2.05) is 22.2 Å². The molecule has 164 valence electrons. The minimum atomic E-state index is -0.221. The van der Waals surface area contributed by atoms with Crippen LogP contribution in [0.3, 0.4) is 0 Å². The van der Waals surface area contributed by atoms with Gasteiger partial charge in [0.05, 0.1) is 12.2 Å². The Kier molecular flexibility index (Phi) is 7.82. The number of anilines is 1. The van der Waals surface area contributed by atoms with Crippen molar-refractivity contribution in [2.45, 2.75) is 76.1 Å². The maximum Gasteiger partial charge on any atom is 0.414 e. The second-order valence-electron chi connectivity index (χ2n) is 8.44. The number of rotatable bonds is 10. The number of hydrogen-bond acceptors (Lipinski definition) is 6. The molecule has 0 spiro atoms. The third-order valence-corrected chi connectivity index (χ3v) is 7.79. The molecule has 2 aromatic heterocycles. The lowest BCUT2D eigenvalue weighted by molar-refractivity contribution is 0.0199. The molecule has 0 radical (unpaired) electrons. The second kappa shape index (κ2) is 10.8. The molecule has 2 aromatic rings. The third-order valence-electron chi connectivity index (χ3n) is 6.39. The zero-order chi connectivity index (χ0) is 20.8. The Bertz CT molecular complexity index is 752. The number of hydrogen-bond donors (Lipinski definition) is 1. The van der Waals surface area contributed by atoms with E-state index < -0.39 is 0 Å². The lowest BCUT2D eigenvalue weighted by atomic mass is 9.99. The van der Waals surface area contributed by atoms with Crippen LogP contribution in [0, 0.1) is 0 Å².